The Labute approximate surface area is 237 Å². The summed E-state index contributed by atoms with van der Waals surface area (Å²) in [4.78, 5) is 0. The fourth-order valence-electron chi connectivity index (χ4n) is 4.53. The molecular weight excluding hydrogens is 476 g/mol. The molecule has 0 bridgehead atoms. The molecule has 0 aliphatic carbocycles. The van der Waals surface area contributed by atoms with Crippen molar-refractivity contribution in [2.24, 2.45) is 5.92 Å². The normalized spacial score (nSPS) is 13.9. The van der Waals surface area contributed by atoms with Gasteiger partial charge in [-0.2, -0.15) is 4.58 Å². The zero-order valence-corrected chi connectivity index (χ0v) is 25.5. The second kappa shape index (κ2) is 17.0. The molecule has 0 radical (unpaired) electrons. The summed E-state index contributed by atoms with van der Waals surface area (Å²) in [7, 11) is 4.08. The highest BCUT2D eigenvalue weighted by Gasteiger charge is 2.17. The van der Waals surface area contributed by atoms with Crippen LogP contribution in [0.25, 0.3) is 11.3 Å². The maximum atomic E-state index is 3.51. The molecule has 0 aliphatic rings. The summed E-state index contributed by atoms with van der Waals surface area (Å²) < 4.78 is 4.54. The minimum absolute atomic E-state index is 0.482. The number of hydrogen-bond donors (Lipinski definition) is 2. The van der Waals surface area contributed by atoms with Crippen molar-refractivity contribution in [1.29, 1.82) is 0 Å². The van der Waals surface area contributed by atoms with Gasteiger partial charge in [-0.3, -0.25) is 0 Å². The van der Waals surface area contributed by atoms with E-state index in [2.05, 4.69) is 160 Å². The van der Waals surface area contributed by atoms with E-state index in [0.29, 0.717) is 5.92 Å². The lowest BCUT2D eigenvalue weighted by Crippen LogP contribution is -2.40. The van der Waals surface area contributed by atoms with Gasteiger partial charge >= 0.3 is 6.67 Å². The average Bonchev–Trinajstić information content (AvgIpc) is 2.91. The highest BCUT2D eigenvalue weighted by atomic mass is 15.1. The van der Waals surface area contributed by atoms with Crippen LogP contribution in [0.1, 0.15) is 53.5 Å². The molecule has 0 fully saturated rings. The monoisotopic (exact) mass is 526 g/mol. The zero-order valence-electron chi connectivity index (χ0n) is 25.5. The molecule has 0 atom stereocenters. The van der Waals surface area contributed by atoms with Crippen LogP contribution in [0.5, 0.6) is 0 Å². The van der Waals surface area contributed by atoms with Crippen molar-refractivity contribution in [2.45, 2.75) is 61.1 Å². The number of rotatable bonds is 14. The Bertz CT molecular complexity index is 1240. The first-order chi connectivity index (χ1) is 18.8. The summed E-state index contributed by atoms with van der Waals surface area (Å²) in [5, 5.41) is 6.68. The Morgan fingerprint density at radius 1 is 1.03 bits per heavy atom. The van der Waals surface area contributed by atoms with Crippen LogP contribution in [-0.2, 0) is 13.1 Å². The smallest absolute Gasteiger partial charge is 0.339 e. The Morgan fingerprint density at radius 3 is 2.49 bits per heavy atom. The van der Waals surface area contributed by atoms with Gasteiger partial charge in [-0.1, -0.05) is 61.9 Å². The van der Waals surface area contributed by atoms with Gasteiger partial charge in [-0.15, -0.1) is 4.57 Å². The lowest BCUT2D eigenvalue weighted by Gasteiger charge is -2.15. The van der Waals surface area contributed by atoms with Crippen LogP contribution in [0.15, 0.2) is 108 Å². The predicted octanol–water partition coefficient (Wildman–Crippen LogP) is 6.97. The molecular formula is C35H50N4+2. The van der Waals surface area contributed by atoms with Crippen LogP contribution in [0.2, 0.25) is 0 Å². The lowest BCUT2D eigenvalue weighted by atomic mass is 10.0. The molecule has 0 saturated carbocycles. The van der Waals surface area contributed by atoms with E-state index in [9.17, 15) is 0 Å². The molecule has 39 heavy (non-hydrogen) atoms. The summed E-state index contributed by atoms with van der Waals surface area (Å²) in [5.74, 6) is 0.482. The Morgan fingerprint density at radius 2 is 1.77 bits per heavy atom. The number of benzene rings is 1. The van der Waals surface area contributed by atoms with Gasteiger partial charge in [0, 0.05) is 48.8 Å². The number of aromatic nitrogens is 1. The fourth-order valence-corrected chi connectivity index (χ4v) is 4.53. The van der Waals surface area contributed by atoms with E-state index in [1.165, 1.54) is 39.4 Å². The van der Waals surface area contributed by atoms with Crippen LogP contribution < -0.4 is 15.2 Å². The lowest BCUT2D eigenvalue weighted by molar-refractivity contribution is -0.833. The van der Waals surface area contributed by atoms with Gasteiger partial charge in [0.05, 0.1) is 0 Å². The number of nitrogens with one attached hydrogen (secondary N) is 2. The van der Waals surface area contributed by atoms with Gasteiger partial charge in [-0.05, 0) is 75.8 Å². The maximum absolute atomic E-state index is 3.51. The van der Waals surface area contributed by atoms with Crippen molar-refractivity contribution in [3.05, 3.63) is 113 Å². The average molecular weight is 527 g/mol. The number of nitrogens with zero attached hydrogens (tertiary/aromatic N) is 2. The van der Waals surface area contributed by atoms with Crippen molar-refractivity contribution in [3.8, 4) is 11.3 Å². The first kappa shape index (κ1) is 31.6. The Kier molecular flexibility index (Phi) is 13.8. The quantitative estimate of drug-likeness (QED) is 0.121. The summed E-state index contributed by atoms with van der Waals surface area (Å²) in [6.07, 6.45) is 19.5. The summed E-state index contributed by atoms with van der Waals surface area (Å²) in [6, 6.07) is 15.2. The molecule has 0 saturated heterocycles. The van der Waals surface area contributed by atoms with Gasteiger partial charge in [0.2, 0.25) is 5.69 Å². The molecule has 2 N–H and O–H groups in total. The molecule has 1 aromatic heterocycles. The second-order valence-corrected chi connectivity index (χ2v) is 10.3. The SMILES string of the molecule is CCN/C(=C(C)/C=C/C=[N+](\C)C[n+]1ccccc1-c1ccccc1C/C=C/C/C=C(C)/C=C(/C)NC)C(C)C. The van der Waals surface area contributed by atoms with Gasteiger partial charge in [-0.25, -0.2) is 0 Å². The van der Waals surface area contributed by atoms with Gasteiger partial charge in [0.25, 0.3) is 0 Å². The van der Waals surface area contributed by atoms with E-state index in [4.69, 9.17) is 0 Å². The summed E-state index contributed by atoms with van der Waals surface area (Å²) in [5.41, 5.74) is 8.86. The number of allylic oxidation sites excluding steroid dienone is 10. The molecule has 0 aliphatic heterocycles. The molecule has 1 heterocycles. The van der Waals surface area contributed by atoms with Crippen LogP contribution in [0.4, 0.5) is 0 Å². The zero-order chi connectivity index (χ0) is 28.6. The highest BCUT2D eigenvalue weighted by Crippen LogP contribution is 2.21. The van der Waals surface area contributed by atoms with Crippen molar-refractivity contribution in [2.75, 3.05) is 20.6 Å². The van der Waals surface area contributed by atoms with Crippen molar-refractivity contribution < 1.29 is 9.14 Å². The molecule has 4 heteroatoms. The first-order valence-electron chi connectivity index (χ1n) is 14.2. The highest BCUT2D eigenvalue weighted by molar-refractivity contribution is 5.67. The molecule has 4 nitrogen and oxygen atoms in total. The molecule has 0 spiro atoms. The van der Waals surface area contributed by atoms with E-state index in [1.54, 1.807) is 0 Å². The fraction of sp³-hybridized carbons (Fsp3) is 0.371. The van der Waals surface area contributed by atoms with E-state index >= 15 is 0 Å². The predicted molar refractivity (Wildman–Crippen MR) is 169 cm³/mol. The second-order valence-electron chi connectivity index (χ2n) is 10.3. The standard InChI is InChI=1S/C35H49N4/c1-9-37-35(28(2)3)30(5)19-17-24-38(8)27-39-25-16-15-23-34(39)33-22-14-13-21-32(33)20-12-10-11-18-29(4)26-31(6)36-7/h10,12-19,21-26,28,36H,9,11,20,27H2,1-8H3/q+1/p+1/b12-10+,29-18+,31-26-. The maximum Gasteiger partial charge on any atom is 0.339 e. The third-order valence-electron chi connectivity index (χ3n) is 6.58. The molecule has 2 rings (SSSR count). The number of hydrogen-bond acceptors (Lipinski definition) is 2. The third kappa shape index (κ3) is 10.9. The van der Waals surface area contributed by atoms with Crippen LogP contribution in [-0.4, -0.2) is 31.4 Å². The van der Waals surface area contributed by atoms with Gasteiger partial charge < -0.3 is 10.6 Å². The number of pyridine rings is 1. The van der Waals surface area contributed by atoms with E-state index < -0.39 is 0 Å². The van der Waals surface area contributed by atoms with E-state index in [1.807, 2.05) is 7.05 Å². The molecule has 0 unspecified atom stereocenters. The topological polar surface area (TPSA) is 30.9 Å². The summed E-state index contributed by atoms with van der Waals surface area (Å²) >= 11 is 0. The van der Waals surface area contributed by atoms with Crippen LogP contribution >= 0.6 is 0 Å². The van der Waals surface area contributed by atoms with E-state index in [0.717, 1.165) is 26.1 Å². The Hall–Kier alpha value is -3.66. The van der Waals surface area contributed by atoms with Crippen molar-refractivity contribution >= 4 is 6.21 Å². The molecule has 208 valence electrons. The van der Waals surface area contributed by atoms with Gasteiger partial charge in [0.15, 0.2) is 12.4 Å². The summed E-state index contributed by atoms with van der Waals surface area (Å²) in [6.45, 7) is 14.7. The molecule has 0 amide bonds. The van der Waals surface area contributed by atoms with Crippen molar-refractivity contribution in [3.63, 3.8) is 0 Å². The Balaban J connectivity index is 2.19. The van der Waals surface area contributed by atoms with Crippen LogP contribution in [0, 0.1) is 5.92 Å². The van der Waals surface area contributed by atoms with Crippen LogP contribution in [0.3, 0.4) is 0 Å². The molecule has 1 aromatic carbocycles. The minimum atomic E-state index is 0.482. The first-order valence-corrected chi connectivity index (χ1v) is 14.2. The minimum Gasteiger partial charge on any atom is -0.392 e. The molecule has 2 aromatic rings. The van der Waals surface area contributed by atoms with Gasteiger partial charge in [0.1, 0.15) is 7.05 Å². The van der Waals surface area contributed by atoms with E-state index in [-0.39, 0.29) is 0 Å². The van der Waals surface area contributed by atoms with Crippen molar-refractivity contribution in [1.82, 2.24) is 10.6 Å². The third-order valence-corrected chi connectivity index (χ3v) is 6.58. The largest absolute Gasteiger partial charge is 0.392 e.